The van der Waals surface area contributed by atoms with E-state index in [2.05, 4.69) is 37.6 Å². The molecule has 6 nitrogen and oxygen atoms in total. The van der Waals surface area contributed by atoms with Crippen LogP contribution in [0.4, 0.5) is 17.3 Å². The van der Waals surface area contributed by atoms with E-state index in [0.717, 1.165) is 18.8 Å². The molecule has 1 saturated heterocycles. The number of amides is 1. The maximum absolute atomic E-state index is 12.2. The smallest absolute Gasteiger partial charge is 0.270 e. The van der Waals surface area contributed by atoms with E-state index >= 15 is 0 Å². The van der Waals surface area contributed by atoms with Crippen LogP contribution in [0.3, 0.4) is 0 Å². The molecule has 1 aromatic carbocycles. The second-order valence-corrected chi connectivity index (χ2v) is 7.69. The molecule has 1 aliphatic heterocycles. The van der Waals surface area contributed by atoms with Gasteiger partial charge in [-0.05, 0) is 70.4 Å². The third-order valence-corrected chi connectivity index (χ3v) is 4.22. The molecule has 138 valence electrons. The number of nitrogens with zero attached hydrogens (tertiary/aromatic N) is 3. The summed E-state index contributed by atoms with van der Waals surface area (Å²) in [7, 11) is 0. The number of carbonyl (C=O) groups is 1. The highest BCUT2D eigenvalue weighted by Crippen LogP contribution is 2.22. The number of benzene rings is 1. The zero-order valence-electron chi connectivity index (χ0n) is 15.7. The number of hydrogen-bond donors (Lipinski definition) is 2. The van der Waals surface area contributed by atoms with Crippen LogP contribution in [-0.4, -0.2) is 34.5 Å². The zero-order chi connectivity index (χ0) is 18.6. The van der Waals surface area contributed by atoms with Crippen molar-refractivity contribution < 1.29 is 4.79 Å². The van der Waals surface area contributed by atoms with Crippen molar-refractivity contribution in [3.05, 3.63) is 42.2 Å². The summed E-state index contributed by atoms with van der Waals surface area (Å²) in [4.78, 5) is 23.2. The van der Waals surface area contributed by atoms with Gasteiger partial charge in [-0.3, -0.25) is 4.79 Å². The summed E-state index contributed by atoms with van der Waals surface area (Å²) in [5, 5.41) is 6.08. The molecule has 1 fully saturated rings. The minimum atomic E-state index is -0.306. The molecular formula is C20H27N5O. The van der Waals surface area contributed by atoms with Crippen LogP contribution < -0.4 is 15.5 Å². The Labute approximate surface area is 155 Å². The third-order valence-electron chi connectivity index (χ3n) is 4.22. The molecule has 0 spiro atoms. The summed E-state index contributed by atoms with van der Waals surface area (Å²) in [5.74, 6) is 0.209. The number of anilines is 3. The highest BCUT2D eigenvalue weighted by molar-refractivity contribution is 5.92. The molecule has 0 saturated carbocycles. The van der Waals surface area contributed by atoms with Crippen LogP contribution in [0.25, 0.3) is 0 Å². The molecule has 1 aliphatic rings. The van der Waals surface area contributed by atoms with Gasteiger partial charge in [-0.2, -0.15) is 0 Å². The summed E-state index contributed by atoms with van der Waals surface area (Å²) in [6, 6.07) is 9.89. The summed E-state index contributed by atoms with van der Waals surface area (Å²) < 4.78 is 0. The van der Waals surface area contributed by atoms with Gasteiger partial charge in [0.05, 0.1) is 0 Å². The van der Waals surface area contributed by atoms with Gasteiger partial charge >= 0.3 is 0 Å². The molecule has 2 heterocycles. The van der Waals surface area contributed by atoms with Crippen molar-refractivity contribution in [2.45, 2.75) is 45.6 Å². The topological polar surface area (TPSA) is 70.2 Å². The Morgan fingerprint density at radius 3 is 2.38 bits per heavy atom. The van der Waals surface area contributed by atoms with Gasteiger partial charge in [-0.25, -0.2) is 9.97 Å². The highest BCUT2D eigenvalue weighted by atomic mass is 16.2. The molecule has 3 rings (SSSR count). The second-order valence-electron chi connectivity index (χ2n) is 7.69. The van der Waals surface area contributed by atoms with Gasteiger partial charge in [-0.15, -0.1) is 0 Å². The number of aromatic nitrogens is 2. The Hall–Kier alpha value is -2.63. The van der Waals surface area contributed by atoms with Crippen molar-refractivity contribution in [2.75, 3.05) is 23.3 Å². The van der Waals surface area contributed by atoms with E-state index in [4.69, 9.17) is 0 Å². The Balaban J connectivity index is 1.67. The average molecular weight is 353 g/mol. The lowest BCUT2D eigenvalue weighted by molar-refractivity contribution is 0.0914. The lowest BCUT2D eigenvalue weighted by atomic mass is 10.1. The maximum atomic E-state index is 12.2. The number of hydrogen-bond acceptors (Lipinski definition) is 5. The largest absolute Gasteiger partial charge is 0.372 e. The van der Waals surface area contributed by atoms with Gasteiger partial charge in [0.25, 0.3) is 5.91 Å². The number of piperidine rings is 1. The average Bonchev–Trinajstić information content (AvgIpc) is 2.62. The first-order valence-electron chi connectivity index (χ1n) is 9.18. The lowest BCUT2D eigenvalue weighted by Gasteiger charge is -2.28. The molecule has 0 radical (unpaired) electrons. The summed E-state index contributed by atoms with van der Waals surface area (Å²) in [5.41, 5.74) is 2.19. The molecular weight excluding hydrogens is 326 g/mol. The van der Waals surface area contributed by atoms with Crippen LogP contribution in [-0.2, 0) is 0 Å². The van der Waals surface area contributed by atoms with Crippen molar-refractivity contribution in [1.82, 2.24) is 15.3 Å². The van der Waals surface area contributed by atoms with Gasteiger partial charge in [0.1, 0.15) is 5.69 Å². The molecule has 0 atom stereocenters. The van der Waals surface area contributed by atoms with E-state index in [0.29, 0.717) is 11.6 Å². The molecule has 1 aromatic heterocycles. The Morgan fingerprint density at radius 2 is 1.73 bits per heavy atom. The first-order valence-corrected chi connectivity index (χ1v) is 9.18. The van der Waals surface area contributed by atoms with Crippen molar-refractivity contribution in [1.29, 1.82) is 0 Å². The molecule has 6 heteroatoms. The Morgan fingerprint density at radius 1 is 1.04 bits per heavy atom. The Kier molecular flexibility index (Phi) is 5.40. The van der Waals surface area contributed by atoms with Crippen molar-refractivity contribution in [3.8, 4) is 0 Å². The third kappa shape index (κ3) is 4.94. The minimum Gasteiger partial charge on any atom is -0.372 e. The van der Waals surface area contributed by atoms with Crippen molar-refractivity contribution in [2.24, 2.45) is 0 Å². The molecule has 2 N–H and O–H groups in total. The molecule has 0 unspecified atom stereocenters. The predicted octanol–water partition coefficient (Wildman–Crippen LogP) is 3.74. The van der Waals surface area contributed by atoms with E-state index in [1.54, 1.807) is 12.3 Å². The quantitative estimate of drug-likeness (QED) is 0.876. The van der Waals surface area contributed by atoms with E-state index in [1.807, 2.05) is 32.9 Å². The van der Waals surface area contributed by atoms with Crippen LogP contribution in [0.1, 0.15) is 50.5 Å². The Bertz CT molecular complexity index is 746. The van der Waals surface area contributed by atoms with Crippen LogP contribution in [0.5, 0.6) is 0 Å². The van der Waals surface area contributed by atoms with Gasteiger partial charge in [-0.1, -0.05) is 0 Å². The van der Waals surface area contributed by atoms with Crippen LogP contribution >= 0.6 is 0 Å². The van der Waals surface area contributed by atoms with Gasteiger partial charge in [0.15, 0.2) is 0 Å². The van der Waals surface area contributed by atoms with Gasteiger partial charge in [0.2, 0.25) is 5.95 Å². The van der Waals surface area contributed by atoms with Gasteiger partial charge < -0.3 is 15.5 Å². The fraction of sp³-hybridized carbons (Fsp3) is 0.450. The zero-order valence-corrected chi connectivity index (χ0v) is 15.7. The summed E-state index contributed by atoms with van der Waals surface area (Å²) >= 11 is 0. The van der Waals surface area contributed by atoms with Crippen LogP contribution in [0.2, 0.25) is 0 Å². The molecule has 1 amide bonds. The normalized spacial score (nSPS) is 14.8. The van der Waals surface area contributed by atoms with Crippen molar-refractivity contribution in [3.63, 3.8) is 0 Å². The molecule has 0 aliphatic carbocycles. The first-order chi connectivity index (χ1) is 12.4. The van der Waals surface area contributed by atoms with E-state index < -0.39 is 0 Å². The lowest BCUT2D eigenvalue weighted by Crippen LogP contribution is -2.41. The number of nitrogens with one attached hydrogen (secondary N) is 2. The fourth-order valence-electron chi connectivity index (χ4n) is 2.99. The second kappa shape index (κ2) is 7.72. The van der Waals surface area contributed by atoms with E-state index in [1.165, 1.54) is 24.9 Å². The minimum absolute atomic E-state index is 0.205. The highest BCUT2D eigenvalue weighted by Gasteiger charge is 2.17. The summed E-state index contributed by atoms with van der Waals surface area (Å²) in [6.45, 7) is 8.07. The summed E-state index contributed by atoms with van der Waals surface area (Å²) in [6.07, 6.45) is 5.44. The first kappa shape index (κ1) is 18.2. The molecule has 0 bridgehead atoms. The van der Waals surface area contributed by atoms with Crippen LogP contribution in [0.15, 0.2) is 36.5 Å². The van der Waals surface area contributed by atoms with E-state index in [-0.39, 0.29) is 11.4 Å². The van der Waals surface area contributed by atoms with Gasteiger partial charge in [0, 0.05) is 36.2 Å². The standard InChI is InChI=1S/C20H27N5O/c1-20(2,3)24-18(26)17-11-12-21-19(23-17)22-15-7-9-16(10-8-15)25-13-5-4-6-14-25/h7-12H,4-6,13-14H2,1-3H3,(H,24,26)(H,21,22,23). The van der Waals surface area contributed by atoms with Crippen molar-refractivity contribution >= 4 is 23.2 Å². The maximum Gasteiger partial charge on any atom is 0.270 e. The monoisotopic (exact) mass is 353 g/mol. The number of carbonyl (C=O) groups excluding carboxylic acids is 1. The van der Waals surface area contributed by atoms with Crippen LogP contribution in [0, 0.1) is 0 Å². The van der Waals surface area contributed by atoms with E-state index in [9.17, 15) is 4.79 Å². The predicted molar refractivity (Wildman–Crippen MR) is 105 cm³/mol. The fourth-order valence-corrected chi connectivity index (χ4v) is 2.99. The number of rotatable bonds is 4. The molecule has 26 heavy (non-hydrogen) atoms. The SMILES string of the molecule is CC(C)(C)NC(=O)c1ccnc(Nc2ccc(N3CCCCC3)cc2)n1. The molecule has 2 aromatic rings.